The van der Waals surface area contributed by atoms with Gasteiger partial charge in [-0.3, -0.25) is 9.52 Å². The van der Waals surface area contributed by atoms with Crippen LogP contribution in [0.4, 0.5) is 11.4 Å². The van der Waals surface area contributed by atoms with Gasteiger partial charge in [0.05, 0.1) is 10.6 Å². The number of aryl methyl sites for hydroxylation is 1. The largest absolute Gasteiger partial charge is 0.325 e. The Morgan fingerprint density at radius 1 is 0.967 bits per heavy atom. The van der Waals surface area contributed by atoms with Gasteiger partial charge in [0.25, 0.3) is 10.0 Å². The maximum Gasteiger partial charge on any atom is 0.261 e. The number of hydrogen-bond acceptors (Lipinski definition) is 4. The van der Waals surface area contributed by atoms with Crippen LogP contribution >= 0.6 is 27.7 Å². The van der Waals surface area contributed by atoms with E-state index in [1.54, 1.807) is 30.3 Å². The number of sulfonamides is 1. The number of thioether (sulfide) groups is 1. The molecule has 0 aliphatic heterocycles. The van der Waals surface area contributed by atoms with Crippen LogP contribution in [0, 0.1) is 6.92 Å². The molecule has 3 aromatic carbocycles. The van der Waals surface area contributed by atoms with Gasteiger partial charge >= 0.3 is 0 Å². The van der Waals surface area contributed by atoms with E-state index in [1.165, 1.54) is 23.9 Å². The fourth-order valence-electron chi connectivity index (χ4n) is 2.68. The van der Waals surface area contributed by atoms with E-state index in [2.05, 4.69) is 26.0 Å². The average molecular weight is 505 g/mol. The molecule has 3 aromatic rings. The number of nitrogens with one attached hydrogen (secondary N) is 2. The minimum atomic E-state index is -3.69. The van der Waals surface area contributed by atoms with Gasteiger partial charge in [0.1, 0.15) is 0 Å². The molecule has 0 unspecified atom stereocenters. The maximum absolute atomic E-state index is 12.5. The Morgan fingerprint density at radius 2 is 1.67 bits per heavy atom. The molecule has 0 atom stereocenters. The molecule has 0 spiro atoms. The zero-order valence-corrected chi connectivity index (χ0v) is 19.5. The molecule has 156 valence electrons. The van der Waals surface area contributed by atoms with E-state index in [1.807, 2.05) is 37.3 Å². The number of carbonyl (C=O) groups excluding carboxylic acids is 1. The van der Waals surface area contributed by atoms with Crippen molar-refractivity contribution in [3.63, 3.8) is 0 Å². The van der Waals surface area contributed by atoms with Crippen molar-refractivity contribution in [2.45, 2.75) is 17.6 Å². The number of rotatable bonds is 8. The lowest BCUT2D eigenvalue weighted by Gasteiger charge is -2.10. The molecule has 8 heteroatoms. The maximum atomic E-state index is 12.5. The molecule has 0 radical (unpaired) electrons. The number of benzene rings is 3. The van der Waals surface area contributed by atoms with Gasteiger partial charge in [0, 0.05) is 21.6 Å². The minimum absolute atomic E-state index is 0.131. The summed E-state index contributed by atoms with van der Waals surface area (Å²) in [4.78, 5) is 12.3. The van der Waals surface area contributed by atoms with Gasteiger partial charge in [0.2, 0.25) is 5.91 Å². The highest BCUT2D eigenvalue weighted by atomic mass is 79.9. The molecule has 0 bridgehead atoms. The van der Waals surface area contributed by atoms with Crippen LogP contribution in [0.15, 0.2) is 82.2 Å². The molecule has 2 N–H and O–H groups in total. The number of carbonyl (C=O) groups is 1. The van der Waals surface area contributed by atoms with Crippen LogP contribution in [0.3, 0.4) is 0 Å². The van der Waals surface area contributed by atoms with E-state index in [9.17, 15) is 13.2 Å². The third kappa shape index (κ3) is 6.62. The molecule has 3 rings (SSSR count). The van der Waals surface area contributed by atoms with Gasteiger partial charge in [-0.2, -0.15) is 0 Å². The van der Waals surface area contributed by atoms with Gasteiger partial charge in [-0.05, 0) is 66.6 Å². The molecule has 0 fully saturated rings. The van der Waals surface area contributed by atoms with Crippen LogP contribution in [-0.4, -0.2) is 20.1 Å². The first-order chi connectivity index (χ1) is 14.3. The highest BCUT2D eigenvalue weighted by molar-refractivity contribution is 9.10. The molecular weight excluding hydrogens is 484 g/mol. The predicted octanol–water partition coefficient (Wildman–Crippen LogP) is 5.43. The van der Waals surface area contributed by atoms with Gasteiger partial charge < -0.3 is 5.32 Å². The third-order valence-electron chi connectivity index (χ3n) is 4.13. The topological polar surface area (TPSA) is 75.3 Å². The van der Waals surface area contributed by atoms with Crippen molar-refractivity contribution >= 4 is 55.0 Å². The Morgan fingerprint density at radius 3 is 2.33 bits per heavy atom. The fourth-order valence-corrected chi connectivity index (χ4v) is 4.78. The van der Waals surface area contributed by atoms with Crippen molar-refractivity contribution in [3.05, 3.63) is 88.4 Å². The Bertz CT molecular complexity index is 1120. The smallest absolute Gasteiger partial charge is 0.261 e. The first-order valence-corrected chi connectivity index (χ1v) is 12.6. The van der Waals surface area contributed by atoms with Gasteiger partial charge in [0.15, 0.2) is 0 Å². The van der Waals surface area contributed by atoms with E-state index < -0.39 is 10.0 Å². The highest BCUT2D eigenvalue weighted by Gasteiger charge is 2.14. The summed E-state index contributed by atoms with van der Waals surface area (Å²) in [5, 5.41) is 2.79. The molecular formula is C22H21BrN2O3S2. The second-order valence-electron chi connectivity index (χ2n) is 6.67. The van der Waals surface area contributed by atoms with E-state index in [4.69, 9.17) is 0 Å². The zero-order valence-electron chi connectivity index (χ0n) is 16.3. The van der Waals surface area contributed by atoms with Crippen molar-refractivity contribution in [1.29, 1.82) is 0 Å². The van der Waals surface area contributed by atoms with Gasteiger partial charge in [-0.15, -0.1) is 11.8 Å². The van der Waals surface area contributed by atoms with Crippen LogP contribution in [0.25, 0.3) is 0 Å². The SMILES string of the molecule is Cc1cccc(NS(=O)(=O)c2ccc(NC(=O)CSCc3ccc(Br)cc3)cc2)c1. The molecule has 0 heterocycles. The number of hydrogen-bond donors (Lipinski definition) is 2. The Balaban J connectivity index is 1.53. The normalized spacial score (nSPS) is 11.1. The van der Waals surface area contributed by atoms with Gasteiger partial charge in [-0.25, -0.2) is 8.42 Å². The molecule has 0 saturated heterocycles. The summed E-state index contributed by atoms with van der Waals surface area (Å²) in [6.07, 6.45) is 0. The molecule has 0 aliphatic rings. The van der Waals surface area contributed by atoms with Crippen LogP contribution in [0.2, 0.25) is 0 Å². The second kappa shape index (κ2) is 10.1. The summed E-state index contributed by atoms with van der Waals surface area (Å²) in [7, 11) is -3.69. The Labute approximate surface area is 189 Å². The van der Waals surface area contributed by atoms with Crippen molar-refractivity contribution < 1.29 is 13.2 Å². The predicted molar refractivity (Wildman–Crippen MR) is 127 cm³/mol. The first kappa shape index (κ1) is 22.4. The van der Waals surface area contributed by atoms with Crippen molar-refractivity contribution in [1.82, 2.24) is 0 Å². The number of amides is 1. The lowest BCUT2D eigenvalue weighted by molar-refractivity contribution is -0.113. The molecule has 1 amide bonds. The third-order valence-corrected chi connectivity index (χ3v) is 7.06. The van der Waals surface area contributed by atoms with E-state index in [-0.39, 0.29) is 10.8 Å². The quantitative estimate of drug-likeness (QED) is 0.428. The van der Waals surface area contributed by atoms with E-state index in [0.717, 1.165) is 21.4 Å². The molecule has 5 nitrogen and oxygen atoms in total. The summed E-state index contributed by atoms with van der Waals surface area (Å²) in [6, 6.07) is 21.2. The molecule has 30 heavy (non-hydrogen) atoms. The van der Waals surface area contributed by atoms with Crippen LogP contribution < -0.4 is 10.0 Å². The summed E-state index contributed by atoms with van der Waals surface area (Å²) in [6.45, 7) is 1.90. The number of halogens is 1. The van der Waals surface area contributed by atoms with Crippen LogP contribution in [-0.2, 0) is 20.6 Å². The lowest BCUT2D eigenvalue weighted by Crippen LogP contribution is -2.15. The fraction of sp³-hybridized carbons (Fsp3) is 0.136. The van der Waals surface area contributed by atoms with Crippen LogP contribution in [0.1, 0.15) is 11.1 Å². The summed E-state index contributed by atoms with van der Waals surface area (Å²) < 4.78 is 28.7. The summed E-state index contributed by atoms with van der Waals surface area (Å²) >= 11 is 4.91. The lowest BCUT2D eigenvalue weighted by atomic mass is 10.2. The first-order valence-electron chi connectivity index (χ1n) is 9.13. The molecule has 0 aromatic heterocycles. The van der Waals surface area contributed by atoms with Gasteiger partial charge in [-0.1, -0.05) is 40.2 Å². The Kier molecular flexibility index (Phi) is 7.58. The number of anilines is 2. The molecule has 0 aliphatic carbocycles. The summed E-state index contributed by atoms with van der Waals surface area (Å²) in [5.41, 5.74) is 3.17. The zero-order chi connectivity index (χ0) is 21.6. The van der Waals surface area contributed by atoms with Crippen LogP contribution in [0.5, 0.6) is 0 Å². The average Bonchev–Trinajstić information content (AvgIpc) is 2.69. The molecule has 0 saturated carbocycles. The highest BCUT2D eigenvalue weighted by Crippen LogP contribution is 2.20. The minimum Gasteiger partial charge on any atom is -0.325 e. The van der Waals surface area contributed by atoms with Crippen molar-refractivity contribution in [2.24, 2.45) is 0 Å². The second-order valence-corrected chi connectivity index (χ2v) is 10.3. The monoisotopic (exact) mass is 504 g/mol. The van der Waals surface area contributed by atoms with Crippen molar-refractivity contribution in [3.8, 4) is 0 Å². The van der Waals surface area contributed by atoms with E-state index >= 15 is 0 Å². The standard InChI is InChI=1S/C22H21BrN2O3S2/c1-16-3-2-4-20(13-16)25-30(27,28)21-11-9-19(10-12-21)24-22(26)15-29-14-17-5-7-18(23)8-6-17/h2-13,25H,14-15H2,1H3,(H,24,26). The van der Waals surface area contributed by atoms with Crippen molar-refractivity contribution in [2.75, 3.05) is 15.8 Å². The Hall–Kier alpha value is -2.29. The van der Waals surface area contributed by atoms with E-state index in [0.29, 0.717) is 17.1 Å². The summed E-state index contributed by atoms with van der Waals surface area (Å²) in [5.74, 6) is 0.915.